The van der Waals surface area contributed by atoms with Gasteiger partial charge in [0.05, 0.1) is 17.0 Å². The molecular weight excluding hydrogens is 412 g/mol. The van der Waals surface area contributed by atoms with E-state index in [1.165, 1.54) is 4.31 Å². The summed E-state index contributed by atoms with van der Waals surface area (Å²) in [6, 6.07) is 13.7. The molecule has 1 aliphatic rings. The third-order valence-corrected chi connectivity index (χ3v) is 8.02. The second kappa shape index (κ2) is 9.94. The van der Waals surface area contributed by atoms with Crippen molar-refractivity contribution in [3.8, 4) is 0 Å². The summed E-state index contributed by atoms with van der Waals surface area (Å²) in [7, 11) is -1.86. The van der Waals surface area contributed by atoms with E-state index >= 15 is 0 Å². The molecule has 2 atom stereocenters. The highest BCUT2D eigenvalue weighted by atomic mass is 32.2. The van der Waals surface area contributed by atoms with Crippen LogP contribution in [-0.2, 0) is 16.6 Å². The average Bonchev–Trinajstić information content (AvgIpc) is 2.77. The van der Waals surface area contributed by atoms with Crippen molar-refractivity contribution in [1.82, 2.24) is 9.21 Å². The minimum absolute atomic E-state index is 0.128. The number of aliphatic hydroxyl groups is 1. The number of carbonyl (C=O) groups excluding carboxylic acids is 1. The number of amides is 1. The molecule has 3 rings (SSSR count). The molecule has 2 aromatic rings. The second-order valence-electron chi connectivity index (χ2n) is 8.28. The van der Waals surface area contributed by atoms with Gasteiger partial charge in [0.15, 0.2) is 0 Å². The molecule has 6 nitrogen and oxygen atoms in total. The van der Waals surface area contributed by atoms with E-state index in [-0.39, 0.29) is 23.4 Å². The third kappa shape index (κ3) is 5.34. The van der Waals surface area contributed by atoms with Gasteiger partial charge in [-0.05, 0) is 49.6 Å². The summed E-state index contributed by atoms with van der Waals surface area (Å²) in [4.78, 5) is 14.8. The van der Waals surface area contributed by atoms with Gasteiger partial charge in [0.2, 0.25) is 10.0 Å². The lowest BCUT2D eigenvalue weighted by atomic mass is 9.91. The molecule has 1 amide bonds. The Labute approximate surface area is 185 Å². The van der Waals surface area contributed by atoms with Crippen LogP contribution < -0.4 is 0 Å². The van der Waals surface area contributed by atoms with Gasteiger partial charge in [0.1, 0.15) is 0 Å². The largest absolute Gasteiger partial charge is 0.391 e. The van der Waals surface area contributed by atoms with E-state index in [0.29, 0.717) is 12.1 Å². The number of carbonyl (C=O) groups is 1. The maximum absolute atomic E-state index is 13.0. The highest BCUT2D eigenvalue weighted by Crippen LogP contribution is 2.24. The highest BCUT2D eigenvalue weighted by molar-refractivity contribution is 7.89. The number of rotatable bonds is 7. The lowest BCUT2D eigenvalue weighted by molar-refractivity contribution is 0.0268. The Balaban J connectivity index is 1.71. The smallest absolute Gasteiger partial charge is 0.253 e. The van der Waals surface area contributed by atoms with Gasteiger partial charge in [-0.25, -0.2) is 8.42 Å². The molecule has 0 spiro atoms. The Morgan fingerprint density at radius 2 is 1.65 bits per heavy atom. The van der Waals surface area contributed by atoms with Crippen molar-refractivity contribution in [2.24, 2.45) is 0 Å². The average molecular weight is 445 g/mol. The first-order valence-corrected chi connectivity index (χ1v) is 12.3. The van der Waals surface area contributed by atoms with E-state index in [9.17, 15) is 18.3 Å². The van der Waals surface area contributed by atoms with Crippen molar-refractivity contribution in [2.45, 2.75) is 63.1 Å². The Kier molecular flexibility index (Phi) is 7.51. The lowest BCUT2D eigenvalue weighted by Crippen LogP contribution is -2.46. The summed E-state index contributed by atoms with van der Waals surface area (Å²) in [5.74, 6) is -0.128. The summed E-state index contributed by atoms with van der Waals surface area (Å²) in [5.41, 5.74) is 2.36. The van der Waals surface area contributed by atoms with Gasteiger partial charge in [-0.15, -0.1) is 0 Å². The summed E-state index contributed by atoms with van der Waals surface area (Å²) in [6.45, 7) is 4.31. The molecule has 0 aliphatic heterocycles. The van der Waals surface area contributed by atoms with Crippen LogP contribution in [0.5, 0.6) is 0 Å². The predicted octanol–water partition coefficient (Wildman–Crippen LogP) is 3.58. The number of likely N-dealkylation sites (N-methyl/N-ethyl adjacent to an activating group) is 1. The summed E-state index contributed by atoms with van der Waals surface area (Å²) in [5, 5.41) is 10.2. The van der Waals surface area contributed by atoms with Crippen molar-refractivity contribution in [2.75, 3.05) is 13.6 Å². The molecule has 2 aromatic carbocycles. The summed E-state index contributed by atoms with van der Waals surface area (Å²) < 4.78 is 27.4. The van der Waals surface area contributed by atoms with Crippen LogP contribution in [0.2, 0.25) is 0 Å². The molecule has 1 saturated carbocycles. The summed E-state index contributed by atoms with van der Waals surface area (Å²) in [6.07, 6.45) is 3.06. The molecule has 1 fully saturated rings. The van der Waals surface area contributed by atoms with E-state index in [0.717, 1.165) is 36.8 Å². The van der Waals surface area contributed by atoms with E-state index in [4.69, 9.17) is 0 Å². The molecule has 7 heteroatoms. The number of nitrogens with zero attached hydrogens (tertiary/aromatic N) is 2. The molecule has 0 aromatic heterocycles. The van der Waals surface area contributed by atoms with Gasteiger partial charge in [-0.2, -0.15) is 4.31 Å². The number of benzene rings is 2. The topological polar surface area (TPSA) is 77.9 Å². The van der Waals surface area contributed by atoms with Gasteiger partial charge in [0, 0.05) is 25.7 Å². The normalized spacial score (nSPS) is 19.4. The Morgan fingerprint density at radius 3 is 2.23 bits per heavy atom. The molecule has 0 radical (unpaired) electrons. The first-order chi connectivity index (χ1) is 14.7. The molecular formula is C24H32N2O4S. The van der Waals surface area contributed by atoms with Gasteiger partial charge in [-0.1, -0.05) is 49.6 Å². The molecule has 0 saturated heterocycles. The fourth-order valence-electron chi connectivity index (χ4n) is 4.08. The van der Waals surface area contributed by atoms with Crippen LogP contribution in [0, 0.1) is 6.92 Å². The van der Waals surface area contributed by atoms with Gasteiger partial charge >= 0.3 is 0 Å². The lowest BCUT2D eigenvalue weighted by Gasteiger charge is -2.35. The first-order valence-electron chi connectivity index (χ1n) is 10.8. The number of aliphatic hydroxyl groups excluding tert-OH is 1. The highest BCUT2D eigenvalue weighted by Gasteiger charge is 2.30. The summed E-state index contributed by atoms with van der Waals surface area (Å²) >= 11 is 0. The van der Waals surface area contributed by atoms with Crippen LogP contribution in [0.1, 0.15) is 54.1 Å². The molecule has 0 heterocycles. The Morgan fingerprint density at radius 1 is 1.03 bits per heavy atom. The van der Waals surface area contributed by atoms with E-state index < -0.39 is 16.1 Å². The SMILES string of the molecule is CCN(Cc1ccc(C(=O)N(C)[C@@H]2CCCC[C@H]2O)cc1)S(=O)(=O)c1ccc(C)cc1. The van der Waals surface area contributed by atoms with Crippen molar-refractivity contribution < 1.29 is 18.3 Å². The number of hydrogen-bond acceptors (Lipinski definition) is 4. The van der Waals surface area contributed by atoms with Crippen LogP contribution in [0.25, 0.3) is 0 Å². The second-order valence-corrected chi connectivity index (χ2v) is 10.2. The van der Waals surface area contributed by atoms with Crippen LogP contribution in [-0.4, -0.2) is 54.4 Å². The van der Waals surface area contributed by atoms with Crippen LogP contribution in [0.4, 0.5) is 0 Å². The Hall–Kier alpha value is -2.22. The van der Waals surface area contributed by atoms with Crippen LogP contribution >= 0.6 is 0 Å². The first kappa shape index (κ1) is 23.4. The van der Waals surface area contributed by atoms with E-state index in [2.05, 4.69) is 0 Å². The van der Waals surface area contributed by atoms with Crippen molar-refractivity contribution in [1.29, 1.82) is 0 Å². The molecule has 0 bridgehead atoms. The standard InChI is InChI=1S/C24H32N2O4S/c1-4-26(31(29,30)21-15-9-18(2)10-16-21)17-19-11-13-20(14-12-19)24(28)25(3)22-7-5-6-8-23(22)27/h9-16,22-23,27H,4-8,17H2,1-3H3/t22-,23-/m1/s1. The maximum Gasteiger partial charge on any atom is 0.253 e. The van der Waals surface area contributed by atoms with Crippen LogP contribution in [0.3, 0.4) is 0 Å². The minimum Gasteiger partial charge on any atom is -0.391 e. The molecule has 1 N–H and O–H groups in total. The predicted molar refractivity (Wildman–Crippen MR) is 121 cm³/mol. The van der Waals surface area contributed by atoms with Gasteiger partial charge in [0.25, 0.3) is 5.91 Å². The molecule has 0 unspecified atom stereocenters. The molecule has 1 aliphatic carbocycles. The quantitative estimate of drug-likeness (QED) is 0.708. The number of hydrogen-bond donors (Lipinski definition) is 1. The fourth-order valence-corrected chi connectivity index (χ4v) is 5.52. The number of sulfonamides is 1. The van der Waals surface area contributed by atoms with Crippen LogP contribution in [0.15, 0.2) is 53.4 Å². The third-order valence-electron chi connectivity index (χ3n) is 6.08. The monoisotopic (exact) mass is 444 g/mol. The number of aryl methyl sites for hydroxylation is 1. The fraction of sp³-hybridized carbons (Fsp3) is 0.458. The van der Waals surface area contributed by atoms with Crippen molar-refractivity contribution in [3.05, 3.63) is 65.2 Å². The van der Waals surface area contributed by atoms with Crippen molar-refractivity contribution in [3.63, 3.8) is 0 Å². The molecule has 31 heavy (non-hydrogen) atoms. The van der Waals surface area contributed by atoms with Crippen molar-refractivity contribution >= 4 is 15.9 Å². The van der Waals surface area contributed by atoms with E-state index in [1.54, 1.807) is 60.5 Å². The van der Waals surface area contributed by atoms with E-state index in [1.807, 2.05) is 13.8 Å². The van der Waals surface area contributed by atoms with Gasteiger partial charge in [-0.3, -0.25) is 4.79 Å². The van der Waals surface area contributed by atoms with Gasteiger partial charge < -0.3 is 10.0 Å². The minimum atomic E-state index is -3.60. The zero-order valence-corrected chi connectivity index (χ0v) is 19.3. The molecule has 168 valence electrons. The maximum atomic E-state index is 13.0. The zero-order valence-electron chi connectivity index (χ0n) is 18.5. The Bertz CT molecular complexity index is 987. The zero-order chi connectivity index (χ0) is 22.6.